The highest BCUT2D eigenvalue weighted by atomic mass is 35.5. The van der Waals surface area contributed by atoms with E-state index in [1.165, 1.54) is 5.69 Å². The zero-order chi connectivity index (χ0) is 19.0. The van der Waals surface area contributed by atoms with E-state index in [4.69, 9.17) is 11.6 Å². The lowest BCUT2D eigenvalue weighted by molar-refractivity contribution is 0.968. The van der Waals surface area contributed by atoms with Gasteiger partial charge in [-0.25, -0.2) is 9.97 Å². The minimum absolute atomic E-state index is 0.627. The standard InChI is InChI=1S/C20H21ClN6/c1-4-26(3)15-9-7-14(8-10-15)24-20-22-12-17(25-20)18-13(2)23-19-16(21)6-5-11-27(18)19/h5-12H,4H2,1-3H3,(H2,22,24,25). The van der Waals surface area contributed by atoms with E-state index in [9.17, 15) is 0 Å². The zero-order valence-corrected chi connectivity index (χ0v) is 16.2. The van der Waals surface area contributed by atoms with E-state index >= 15 is 0 Å². The molecule has 0 fully saturated rings. The lowest BCUT2D eigenvalue weighted by Gasteiger charge is -2.16. The number of benzene rings is 1. The van der Waals surface area contributed by atoms with Crippen molar-refractivity contribution >= 4 is 34.6 Å². The number of aryl methyl sites for hydroxylation is 1. The van der Waals surface area contributed by atoms with Crippen LogP contribution in [0.15, 0.2) is 48.8 Å². The Hall–Kier alpha value is -2.99. The fraction of sp³-hybridized carbons (Fsp3) is 0.200. The Morgan fingerprint density at radius 3 is 2.74 bits per heavy atom. The van der Waals surface area contributed by atoms with E-state index < -0.39 is 0 Å². The Morgan fingerprint density at radius 1 is 1.22 bits per heavy atom. The Kier molecular flexibility index (Phi) is 4.49. The first-order valence-corrected chi connectivity index (χ1v) is 9.21. The predicted molar refractivity (Wildman–Crippen MR) is 111 cm³/mol. The molecule has 0 bridgehead atoms. The third-order valence-corrected chi connectivity index (χ3v) is 4.95. The molecule has 1 aromatic carbocycles. The van der Waals surface area contributed by atoms with Crippen molar-refractivity contribution in [2.45, 2.75) is 13.8 Å². The van der Waals surface area contributed by atoms with E-state index in [-0.39, 0.29) is 0 Å². The molecule has 0 atom stereocenters. The highest BCUT2D eigenvalue weighted by Crippen LogP contribution is 2.28. The minimum atomic E-state index is 0.627. The van der Waals surface area contributed by atoms with Gasteiger partial charge in [0.2, 0.25) is 5.95 Å². The second kappa shape index (κ2) is 6.96. The molecular formula is C20H21ClN6. The van der Waals surface area contributed by atoms with Crippen molar-refractivity contribution in [2.24, 2.45) is 0 Å². The number of nitrogens with one attached hydrogen (secondary N) is 2. The van der Waals surface area contributed by atoms with Crippen molar-refractivity contribution in [3.05, 3.63) is 59.5 Å². The fourth-order valence-electron chi connectivity index (χ4n) is 3.10. The maximum atomic E-state index is 6.26. The Balaban J connectivity index is 1.61. The number of nitrogens with zero attached hydrogens (tertiary/aromatic N) is 4. The number of hydrogen-bond donors (Lipinski definition) is 2. The molecule has 2 N–H and O–H groups in total. The molecule has 6 nitrogen and oxygen atoms in total. The van der Waals surface area contributed by atoms with Gasteiger partial charge in [-0.2, -0.15) is 0 Å². The summed E-state index contributed by atoms with van der Waals surface area (Å²) in [5.74, 6) is 0.679. The highest BCUT2D eigenvalue weighted by Gasteiger charge is 2.15. The molecule has 27 heavy (non-hydrogen) atoms. The summed E-state index contributed by atoms with van der Waals surface area (Å²) in [5, 5.41) is 3.94. The number of aromatic nitrogens is 4. The number of fused-ring (bicyclic) bond motifs is 1. The van der Waals surface area contributed by atoms with Crippen LogP contribution >= 0.6 is 11.6 Å². The SMILES string of the molecule is CCN(C)c1ccc(Nc2ncc(-c3c(C)nc4c(Cl)cccn34)[nH]2)cc1. The second-order valence-electron chi connectivity index (χ2n) is 6.43. The van der Waals surface area contributed by atoms with Gasteiger partial charge in [0.1, 0.15) is 0 Å². The lowest BCUT2D eigenvalue weighted by atomic mass is 10.2. The van der Waals surface area contributed by atoms with Gasteiger partial charge >= 0.3 is 0 Å². The number of hydrogen-bond acceptors (Lipinski definition) is 4. The Bertz CT molecular complexity index is 1080. The highest BCUT2D eigenvalue weighted by molar-refractivity contribution is 6.33. The largest absolute Gasteiger partial charge is 0.375 e. The molecule has 0 unspecified atom stereocenters. The summed E-state index contributed by atoms with van der Waals surface area (Å²) in [6.07, 6.45) is 3.76. The zero-order valence-electron chi connectivity index (χ0n) is 15.5. The first-order valence-electron chi connectivity index (χ1n) is 8.83. The number of H-pyrrole nitrogens is 1. The molecule has 0 radical (unpaired) electrons. The van der Waals surface area contributed by atoms with Crippen molar-refractivity contribution in [3.63, 3.8) is 0 Å². The molecule has 4 rings (SSSR count). The van der Waals surface area contributed by atoms with Crippen molar-refractivity contribution in [3.8, 4) is 11.4 Å². The number of imidazole rings is 2. The third kappa shape index (κ3) is 3.24. The summed E-state index contributed by atoms with van der Waals surface area (Å²) in [5.41, 5.74) is 5.63. The van der Waals surface area contributed by atoms with Crippen LogP contribution in [0, 0.1) is 6.92 Å². The lowest BCUT2D eigenvalue weighted by Crippen LogP contribution is -2.15. The quantitative estimate of drug-likeness (QED) is 0.517. The van der Waals surface area contributed by atoms with Gasteiger partial charge in [0, 0.05) is 31.2 Å². The first-order chi connectivity index (χ1) is 13.1. The minimum Gasteiger partial charge on any atom is -0.375 e. The average Bonchev–Trinajstić information content (AvgIpc) is 3.26. The van der Waals surface area contributed by atoms with Crippen LogP contribution in [-0.2, 0) is 0 Å². The van der Waals surface area contributed by atoms with E-state index in [0.29, 0.717) is 11.0 Å². The number of pyridine rings is 1. The molecule has 0 saturated carbocycles. The van der Waals surface area contributed by atoms with Crippen molar-refractivity contribution in [2.75, 3.05) is 23.8 Å². The molecule has 138 valence electrons. The van der Waals surface area contributed by atoms with Gasteiger partial charge in [-0.15, -0.1) is 0 Å². The number of rotatable bonds is 5. The summed E-state index contributed by atoms with van der Waals surface area (Å²) in [7, 11) is 2.08. The van der Waals surface area contributed by atoms with Crippen molar-refractivity contribution in [1.82, 2.24) is 19.4 Å². The van der Waals surface area contributed by atoms with Crippen LogP contribution in [0.2, 0.25) is 5.02 Å². The Labute approximate surface area is 162 Å². The molecule has 0 spiro atoms. The van der Waals surface area contributed by atoms with Crippen LogP contribution in [0.25, 0.3) is 17.0 Å². The normalized spacial score (nSPS) is 11.1. The van der Waals surface area contributed by atoms with Crippen LogP contribution in [-0.4, -0.2) is 32.9 Å². The van der Waals surface area contributed by atoms with Gasteiger partial charge in [-0.1, -0.05) is 11.6 Å². The van der Waals surface area contributed by atoms with Crippen molar-refractivity contribution in [1.29, 1.82) is 0 Å². The molecule has 0 aliphatic carbocycles. The molecule has 0 aliphatic heterocycles. The molecule has 0 amide bonds. The van der Waals surface area contributed by atoms with E-state index in [2.05, 4.69) is 51.3 Å². The van der Waals surface area contributed by atoms with Gasteiger partial charge in [0.25, 0.3) is 0 Å². The van der Waals surface area contributed by atoms with Gasteiger partial charge in [0.15, 0.2) is 5.65 Å². The molecule has 4 aromatic rings. The summed E-state index contributed by atoms with van der Waals surface area (Å²) in [6, 6.07) is 12.0. The van der Waals surface area contributed by atoms with E-state index in [0.717, 1.165) is 35.0 Å². The van der Waals surface area contributed by atoms with Crippen LogP contribution in [0.5, 0.6) is 0 Å². The maximum Gasteiger partial charge on any atom is 0.205 e. The van der Waals surface area contributed by atoms with Crippen LogP contribution in [0.1, 0.15) is 12.6 Å². The second-order valence-corrected chi connectivity index (χ2v) is 6.83. The molecule has 0 saturated heterocycles. The number of aromatic amines is 1. The van der Waals surface area contributed by atoms with Gasteiger partial charge in [0.05, 0.1) is 28.3 Å². The molecule has 3 heterocycles. The first kappa shape index (κ1) is 17.4. The van der Waals surface area contributed by atoms with Crippen LogP contribution in [0.4, 0.5) is 17.3 Å². The fourth-order valence-corrected chi connectivity index (χ4v) is 3.30. The summed E-state index contributed by atoms with van der Waals surface area (Å²) in [6.45, 7) is 5.07. The van der Waals surface area contributed by atoms with Crippen LogP contribution < -0.4 is 10.2 Å². The molecule has 7 heteroatoms. The smallest absolute Gasteiger partial charge is 0.205 e. The van der Waals surface area contributed by atoms with E-state index in [1.807, 2.05) is 41.8 Å². The Morgan fingerprint density at radius 2 is 2.00 bits per heavy atom. The van der Waals surface area contributed by atoms with E-state index in [1.54, 1.807) is 6.20 Å². The van der Waals surface area contributed by atoms with Gasteiger partial charge < -0.3 is 15.2 Å². The molecular weight excluding hydrogens is 360 g/mol. The summed E-state index contributed by atoms with van der Waals surface area (Å²) < 4.78 is 1.98. The van der Waals surface area contributed by atoms with Crippen LogP contribution in [0.3, 0.4) is 0 Å². The third-order valence-electron chi connectivity index (χ3n) is 4.65. The monoisotopic (exact) mass is 380 g/mol. The number of anilines is 3. The maximum absolute atomic E-state index is 6.26. The number of halogens is 1. The molecule has 3 aromatic heterocycles. The van der Waals surface area contributed by atoms with Gasteiger partial charge in [-0.3, -0.25) is 4.40 Å². The summed E-state index contributed by atoms with van der Waals surface area (Å²) >= 11 is 6.26. The average molecular weight is 381 g/mol. The predicted octanol–water partition coefficient (Wildman–Crippen LogP) is 4.89. The van der Waals surface area contributed by atoms with Crippen molar-refractivity contribution < 1.29 is 0 Å². The van der Waals surface area contributed by atoms with Gasteiger partial charge in [-0.05, 0) is 50.2 Å². The topological polar surface area (TPSA) is 61.2 Å². The molecule has 0 aliphatic rings. The summed E-state index contributed by atoms with van der Waals surface area (Å²) in [4.78, 5) is 14.6.